The first-order valence-electron chi connectivity index (χ1n) is 6.95. The molecule has 3 aromatic rings. The van der Waals surface area contributed by atoms with Crippen molar-refractivity contribution in [3.05, 3.63) is 64.4 Å². The fraction of sp³-hybridized carbons (Fsp3) is 0.235. The quantitative estimate of drug-likeness (QED) is 0.620. The highest BCUT2D eigenvalue weighted by molar-refractivity contribution is 6.35. The van der Waals surface area contributed by atoms with Crippen LogP contribution >= 0.6 is 23.2 Å². The van der Waals surface area contributed by atoms with Crippen molar-refractivity contribution in [2.45, 2.75) is 25.8 Å². The first-order valence-corrected chi connectivity index (χ1v) is 7.86. The molecular weight excluding hydrogens is 303 g/mol. The van der Waals surface area contributed by atoms with Gasteiger partial charge in [0.1, 0.15) is 11.3 Å². The van der Waals surface area contributed by atoms with Crippen molar-refractivity contribution in [2.24, 2.45) is 0 Å². The Labute approximate surface area is 134 Å². The standard InChI is InChI=1S/C17H16Cl2N2/c1-12-5-2-3-6-13(12)9-10-21-15-8-4-7-14(19)17(15)20-16(21)11-18/h2-8H,9-11H2,1H3. The molecule has 21 heavy (non-hydrogen) atoms. The van der Waals surface area contributed by atoms with Gasteiger partial charge in [-0.1, -0.05) is 41.9 Å². The average Bonchev–Trinajstić information content (AvgIpc) is 2.86. The van der Waals surface area contributed by atoms with E-state index in [-0.39, 0.29) is 0 Å². The minimum Gasteiger partial charge on any atom is -0.327 e. The van der Waals surface area contributed by atoms with Crippen LogP contribution < -0.4 is 0 Å². The van der Waals surface area contributed by atoms with Gasteiger partial charge >= 0.3 is 0 Å². The minimum atomic E-state index is 0.388. The second-order valence-corrected chi connectivity index (χ2v) is 5.77. The van der Waals surface area contributed by atoms with Gasteiger partial charge in [-0.25, -0.2) is 4.98 Å². The molecule has 108 valence electrons. The number of alkyl halides is 1. The molecule has 0 spiro atoms. The number of aromatic nitrogens is 2. The Morgan fingerprint density at radius 2 is 1.90 bits per heavy atom. The SMILES string of the molecule is Cc1ccccc1CCn1c(CCl)nc2c(Cl)cccc21. The summed E-state index contributed by atoms with van der Waals surface area (Å²) in [4.78, 5) is 4.56. The van der Waals surface area contributed by atoms with Crippen LogP contribution in [0.15, 0.2) is 42.5 Å². The van der Waals surface area contributed by atoms with Crippen LogP contribution in [0, 0.1) is 6.92 Å². The van der Waals surface area contributed by atoms with E-state index in [4.69, 9.17) is 23.2 Å². The zero-order valence-corrected chi connectivity index (χ0v) is 13.3. The van der Waals surface area contributed by atoms with Crippen LogP contribution in [0.1, 0.15) is 17.0 Å². The van der Waals surface area contributed by atoms with E-state index in [0.29, 0.717) is 10.9 Å². The molecule has 3 rings (SSSR count). The van der Waals surface area contributed by atoms with Crippen molar-refractivity contribution in [3.8, 4) is 0 Å². The fourth-order valence-corrected chi connectivity index (χ4v) is 3.05. The van der Waals surface area contributed by atoms with E-state index in [9.17, 15) is 0 Å². The van der Waals surface area contributed by atoms with Gasteiger partial charge in [-0.05, 0) is 36.6 Å². The van der Waals surface area contributed by atoms with Gasteiger partial charge in [0.25, 0.3) is 0 Å². The van der Waals surface area contributed by atoms with Gasteiger partial charge < -0.3 is 4.57 Å². The maximum absolute atomic E-state index is 6.22. The number of hydrogen-bond acceptors (Lipinski definition) is 1. The normalized spacial score (nSPS) is 11.2. The maximum atomic E-state index is 6.22. The number of benzene rings is 2. The zero-order valence-electron chi connectivity index (χ0n) is 11.8. The van der Waals surface area contributed by atoms with Crippen LogP contribution in [0.2, 0.25) is 5.02 Å². The van der Waals surface area contributed by atoms with Crippen molar-refractivity contribution < 1.29 is 0 Å². The van der Waals surface area contributed by atoms with Crippen LogP contribution in [0.4, 0.5) is 0 Å². The van der Waals surface area contributed by atoms with Crippen molar-refractivity contribution >= 4 is 34.2 Å². The average molecular weight is 319 g/mol. The van der Waals surface area contributed by atoms with Crippen LogP contribution in [0.5, 0.6) is 0 Å². The van der Waals surface area contributed by atoms with Crippen molar-refractivity contribution in [2.75, 3.05) is 0 Å². The van der Waals surface area contributed by atoms with Gasteiger partial charge in [0.15, 0.2) is 0 Å². The fourth-order valence-electron chi connectivity index (χ4n) is 2.64. The molecule has 0 aliphatic rings. The summed E-state index contributed by atoms with van der Waals surface area (Å²) in [5.74, 6) is 1.26. The first kappa shape index (κ1) is 14.4. The van der Waals surface area contributed by atoms with E-state index in [1.54, 1.807) is 0 Å². The zero-order chi connectivity index (χ0) is 14.8. The molecule has 0 aliphatic carbocycles. The molecule has 2 nitrogen and oxygen atoms in total. The van der Waals surface area contributed by atoms with Crippen LogP contribution in [0.25, 0.3) is 11.0 Å². The number of imidazole rings is 1. The van der Waals surface area contributed by atoms with Crippen LogP contribution in [0.3, 0.4) is 0 Å². The topological polar surface area (TPSA) is 17.8 Å². The number of aryl methyl sites for hydroxylation is 3. The largest absolute Gasteiger partial charge is 0.327 e. The Kier molecular flexibility index (Phi) is 4.18. The van der Waals surface area contributed by atoms with Gasteiger partial charge in [0.05, 0.1) is 16.4 Å². The molecule has 0 atom stereocenters. The second kappa shape index (κ2) is 6.08. The van der Waals surface area contributed by atoms with E-state index in [1.807, 2.05) is 18.2 Å². The molecule has 2 aromatic carbocycles. The second-order valence-electron chi connectivity index (χ2n) is 5.10. The van der Waals surface area contributed by atoms with E-state index >= 15 is 0 Å². The predicted octanol–water partition coefficient (Wildman–Crippen LogP) is 4.98. The Balaban J connectivity index is 1.97. The molecule has 0 fully saturated rings. The minimum absolute atomic E-state index is 0.388. The van der Waals surface area contributed by atoms with E-state index in [2.05, 4.69) is 40.7 Å². The predicted molar refractivity (Wildman–Crippen MR) is 89.2 cm³/mol. The van der Waals surface area contributed by atoms with E-state index < -0.39 is 0 Å². The van der Waals surface area contributed by atoms with Crippen molar-refractivity contribution in [1.82, 2.24) is 9.55 Å². The molecule has 0 saturated carbocycles. The van der Waals surface area contributed by atoms with E-state index in [0.717, 1.165) is 29.8 Å². The molecular formula is C17H16Cl2N2. The number of fused-ring (bicyclic) bond motifs is 1. The smallest absolute Gasteiger partial charge is 0.124 e. The number of para-hydroxylation sites is 1. The summed E-state index contributed by atoms with van der Waals surface area (Å²) in [5, 5.41) is 0.675. The molecule has 0 unspecified atom stereocenters. The maximum Gasteiger partial charge on any atom is 0.124 e. The lowest BCUT2D eigenvalue weighted by molar-refractivity contribution is 0.686. The number of nitrogens with zero attached hydrogens (tertiary/aromatic N) is 2. The summed E-state index contributed by atoms with van der Waals surface area (Å²) in [6.07, 6.45) is 0.953. The third-order valence-electron chi connectivity index (χ3n) is 3.79. The third kappa shape index (κ3) is 2.78. The molecule has 0 bridgehead atoms. The highest BCUT2D eigenvalue weighted by Gasteiger charge is 2.12. The molecule has 0 radical (unpaired) electrons. The van der Waals surface area contributed by atoms with Gasteiger partial charge in [-0.15, -0.1) is 11.6 Å². The van der Waals surface area contributed by atoms with Crippen molar-refractivity contribution in [3.63, 3.8) is 0 Å². The summed E-state index contributed by atoms with van der Waals surface area (Å²) < 4.78 is 2.17. The lowest BCUT2D eigenvalue weighted by Crippen LogP contribution is -2.05. The van der Waals surface area contributed by atoms with Gasteiger partial charge in [-0.3, -0.25) is 0 Å². The first-order chi connectivity index (χ1) is 10.2. The Hall–Kier alpha value is -1.51. The molecule has 1 aromatic heterocycles. The lowest BCUT2D eigenvalue weighted by atomic mass is 10.1. The van der Waals surface area contributed by atoms with Crippen molar-refractivity contribution in [1.29, 1.82) is 0 Å². The van der Waals surface area contributed by atoms with Crippen LogP contribution in [-0.4, -0.2) is 9.55 Å². The Morgan fingerprint density at radius 3 is 2.67 bits per heavy atom. The molecule has 0 saturated heterocycles. The monoisotopic (exact) mass is 318 g/mol. The molecule has 4 heteroatoms. The summed E-state index contributed by atoms with van der Waals surface area (Å²) in [7, 11) is 0. The van der Waals surface area contributed by atoms with Gasteiger partial charge in [-0.2, -0.15) is 0 Å². The van der Waals surface area contributed by atoms with Gasteiger partial charge in [0.2, 0.25) is 0 Å². The van der Waals surface area contributed by atoms with Crippen LogP contribution in [-0.2, 0) is 18.8 Å². The highest BCUT2D eigenvalue weighted by Crippen LogP contribution is 2.25. The van der Waals surface area contributed by atoms with Gasteiger partial charge in [0, 0.05) is 6.54 Å². The molecule has 1 heterocycles. The molecule has 0 aliphatic heterocycles. The summed E-state index contributed by atoms with van der Waals surface area (Å²) >= 11 is 12.3. The summed E-state index contributed by atoms with van der Waals surface area (Å²) in [6, 6.07) is 14.3. The number of hydrogen-bond donors (Lipinski definition) is 0. The Morgan fingerprint density at radius 1 is 1.10 bits per heavy atom. The number of halogens is 2. The summed E-state index contributed by atoms with van der Waals surface area (Å²) in [5.41, 5.74) is 4.54. The summed E-state index contributed by atoms with van der Waals surface area (Å²) in [6.45, 7) is 2.99. The molecule has 0 amide bonds. The lowest BCUT2D eigenvalue weighted by Gasteiger charge is -2.09. The number of rotatable bonds is 4. The highest BCUT2D eigenvalue weighted by atomic mass is 35.5. The third-order valence-corrected chi connectivity index (χ3v) is 4.34. The molecule has 0 N–H and O–H groups in total. The Bertz CT molecular complexity index is 778. The van der Waals surface area contributed by atoms with E-state index in [1.165, 1.54) is 11.1 Å².